The summed E-state index contributed by atoms with van der Waals surface area (Å²) in [5, 5.41) is 0. The summed E-state index contributed by atoms with van der Waals surface area (Å²) >= 11 is 0. The SMILES string of the molecule is CCCCCCCCCCCCCCCCCCCCC(=O)OC[C@@H](COC(=O)CCCCCCCCCCCCCCC(C)C)OC(=O)CCCCCCCCCCCCCC. The third-order valence-electron chi connectivity index (χ3n) is 13.0. The Balaban J connectivity index is 4.26. The molecule has 0 spiro atoms. The van der Waals surface area contributed by atoms with Crippen LogP contribution in [-0.2, 0) is 28.6 Å². The first kappa shape index (κ1) is 61.4. The molecule has 0 bridgehead atoms. The molecule has 0 unspecified atom stereocenters. The van der Waals surface area contributed by atoms with E-state index in [0.717, 1.165) is 63.7 Å². The van der Waals surface area contributed by atoms with E-state index in [4.69, 9.17) is 14.2 Å². The van der Waals surface area contributed by atoms with E-state index in [2.05, 4.69) is 27.7 Å². The van der Waals surface area contributed by atoms with Crippen molar-refractivity contribution >= 4 is 17.9 Å². The van der Waals surface area contributed by atoms with Gasteiger partial charge in [-0.15, -0.1) is 0 Å². The van der Waals surface area contributed by atoms with E-state index in [0.29, 0.717) is 19.3 Å². The quantitative estimate of drug-likeness (QED) is 0.0344. The molecule has 0 fully saturated rings. The Morgan fingerprint density at radius 3 is 0.778 bits per heavy atom. The molecule has 63 heavy (non-hydrogen) atoms. The molecule has 0 heterocycles. The van der Waals surface area contributed by atoms with Crippen molar-refractivity contribution in [3.8, 4) is 0 Å². The highest BCUT2D eigenvalue weighted by atomic mass is 16.6. The van der Waals surface area contributed by atoms with Crippen LogP contribution in [0, 0.1) is 5.92 Å². The molecule has 0 aliphatic carbocycles. The molecule has 0 rings (SSSR count). The summed E-state index contributed by atoms with van der Waals surface area (Å²) in [6.07, 6.45) is 55.2. The largest absolute Gasteiger partial charge is 0.462 e. The Morgan fingerprint density at radius 1 is 0.302 bits per heavy atom. The van der Waals surface area contributed by atoms with Gasteiger partial charge in [0.25, 0.3) is 0 Å². The summed E-state index contributed by atoms with van der Waals surface area (Å²) in [4.78, 5) is 38.1. The summed E-state index contributed by atoms with van der Waals surface area (Å²) < 4.78 is 16.9. The van der Waals surface area contributed by atoms with E-state index in [1.165, 1.54) is 218 Å². The standard InChI is InChI=1S/C57H110O6/c1-5-7-9-11-13-15-17-19-20-21-22-23-24-29-32-36-40-44-48-55(58)61-51-54(63-57(60)50-46-42-38-34-28-18-16-14-12-10-8-6-2)52-62-56(59)49-45-41-37-33-30-26-25-27-31-35-39-43-47-53(3)4/h53-54H,5-52H2,1-4H3/t54-/m0/s1. The molecule has 6 heteroatoms. The normalized spacial score (nSPS) is 12.0. The van der Waals surface area contributed by atoms with Crippen molar-refractivity contribution in [1.29, 1.82) is 0 Å². The molecule has 0 saturated carbocycles. The molecule has 0 aliphatic heterocycles. The number of unbranched alkanes of at least 4 members (excludes halogenated alkanes) is 39. The number of carbonyl (C=O) groups excluding carboxylic acids is 3. The maximum Gasteiger partial charge on any atom is 0.306 e. The number of carbonyl (C=O) groups is 3. The Bertz CT molecular complexity index is 949. The molecule has 0 aliphatic rings. The van der Waals surface area contributed by atoms with Gasteiger partial charge in [0.15, 0.2) is 6.10 Å². The van der Waals surface area contributed by atoms with Gasteiger partial charge in [0, 0.05) is 19.3 Å². The van der Waals surface area contributed by atoms with Gasteiger partial charge in [0.05, 0.1) is 0 Å². The highest BCUT2D eigenvalue weighted by molar-refractivity contribution is 5.71. The van der Waals surface area contributed by atoms with E-state index in [1.807, 2.05) is 0 Å². The topological polar surface area (TPSA) is 78.9 Å². The highest BCUT2D eigenvalue weighted by Gasteiger charge is 2.19. The van der Waals surface area contributed by atoms with Crippen molar-refractivity contribution in [2.24, 2.45) is 5.92 Å². The minimum atomic E-state index is -0.761. The summed E-state index contributed by atoms with van der Waals surface area (Å²) in [6.45, 7) is 9.05. The number of hydrogen-bond donors (Lipinski definition) is 0. The van der Waals surface area contributed by atoms with Gasteiger partial charge in [-0.3, -0.25) is 14.4 Å². The molecule has 0 aromatic heterocycles. The number of hydrogen-bond acceptors (Lipinski definition) is 6. The molecule has 0 saturated heterocycles. The lowest BCUT2D eigenvalue weighted by Crippen LogP contribution is -2.30. The van der Waals surface area contributed by atoms with Crippen LogP contribution >= 0.6 is 0 Å². The zero-order valence-corrected chi connectivity index (χ0v) is 43.0. The second-order valence-corrected chi connectivity index (χ2v) is 20.1. The third kappa shape index (κ3) is 51.3. The predicted molar refractivity (Wildman–Crippen MR) is 270 cm³/mol. The van der Waals surface area contributed by atoms with Gasteiger partial charge in [-0.25, -0.2) is 0 Å². The number of esters is 3. The van der Waals surface area contributed by atoms with E-state index in [-0.39, 0.29) is 31.1 Å². The summed E-state index contributed by atoms with van der Waals surface area (Å²) in [5.41, 5.74) is 0. The van der Waals surface area contributed by atoms with Gasteiger partial charge in [-0.2, -0.15) is 0 Å². The molecule has 374 valence electrons. The maximum absolute atomic E-state index is 12.8. The van der Waals surface area contributed by atoms with Crippen molar-refractivity contribution in [3.63, 3.8) is 0 Å². The second-order valence-electron chi connectivity index (χ2n) is 20.1. The molecule has 0 radical (unpaired) electrons. The lowest BCUT2D eigenvalue weighted by molar-refractivity contribution is -0.167. The Hall–Kier alpha value is -1.59. The van der Waals surface area contributed by atoms with Gasteiger partial charge < -0.3 is 14.2 Å². The molecule has 6 nitrogen and oxygen atoms in total. The molecule has 1 atom stereocenters. The van der Waals surface area contributed by atoms with Crippen LogP contribution in [0.4, 0.5) is 0 Å². The van der Waals surface area contributed by atoms with Gasteiger partial charge in [0.1, 0.15) is 13.2 Å². The van der Waals surface area contributed by atoms with Crippen LogP contribution in [0.1, 0.15) is 323 Å². The molecule has 0 N–H and O–H groups in total. The fourth-order valence-corrected chi connectivity index (χ4v) is 8.75. The Morgan fingerprint density at radius 2 is 0.524 bits per heavy atom. The van der Waals surface area contributed by atoms with E-state index >= 15 is 0 Å². The van der Waals surface area contributed by atoms with Gasteiger partial charge in [-0.05, 0) is 25.2 Å². The molecule has 0 aromatic rings. The Kier molecular flexibility index (Phi) is 50.1. The van der Waals surface area contributed by atoms with Crippen LogP contribution in [-0.4, -0.2) is 37.2 Å². The smallest absolute Gasteiger partial charge is 0.306 e. The molecule has 0 aromatic carbocycles. The molecule has 0 amide bonds. The van der Waals surface area contributed by atoms with E-state index < -0.39 is 6.10 Å². The predicted octanol–water partition coefficient (Wildman–Crippen LogP) is 18.6. The summed E-state index contributed by atoms with van der Waals surface area (Å²) in [5.74, 6) is -0.00383. The van der Waals surface area contributed by atoms with Crippen LogP contribution in [0.5, 0.6) is 0 Å². The summed E-state index contributed by atoms with van der Waals surface area (Å²) in [6, 6.07) is 0. The van der Waals surface area contributed by atoms with Crippen molar-refractivity contribution in [2.45, 2.75) is 329 Å². The minimum absolute atomic E-state index is 0.0620. The maximum atomic E-state index is 12.8. The third-order valence-corrected chi connectivity index (χ3v) is 13.0. The van der Waals surface area contributed by atoms with E-state index in [1.54, 1.807) is 0 Å². The molecular weight excluding hydrogens is 781 g/mol. The highest BCUT2D eigenvalue weighted by Crippen LogP contribution is 2.18. The van der Waals surface area contributed by atoms with Crippen molar-refractivity contribution < 1.29 is 28.6 Å². The number of ether oxygens (including phenoxy) is 3. The monoisotopic (exact) mass is 891 g/mol. The van der Waals surface area contributed by atoms with Crippen LogP contribution in [0.25, 0.3) is 0 Å². The zero-order chi connectivity index (χ0) is 45.9. The van der Waals surface area contributed by atoms with Crippen LogP contribution < -0.4 is 0 Å². The Labute approximate surface area is 393 Å². The van der Waals surface area contributed by atoms with Crippen LogP contribution in [0.15, 0.2) is 0 Å². The first-order chi connectivity index (χ1) is 30.9. The van der Waals surface area contributed by atoms with Crippen molar-refractivity contribution in [3.05, 3.63) is 0 Å². The fourth-order valence-electron chi connectivity index (χ4n) is 8.75. The van der Waals surface area contributed by atoms with Crippen molar-refractivity contribution in [1.82, 2.24) is 0 Å². The first-order valence-corrected chi connectivity index (χ1v) is 28.4. The van der Waals surface area contributed by atoms with Gasteiger partial charge in [0.2, 0.25) is 0 Å². The van der Waals surface area contributed by atoms with E-state index in [9.17, 15) is 14.4 Å². The summed E-state index contributed by atoms with van der Waals surface area (Å²) in [7, 11) is 0. The van der Waals surface area contributed by atoms with Crippen LogP contribution in [0.3, 0.4) is 0 Å². The lowest BCUT2D eigenvalue weighted by atomic mass is 10.0. The van der Waals surface area contributed by atoms with Crippen LogP contribution in [0.2, 0.25) is 0 Å². The number of rotatable bonds is 52. The molecular formula is C57H110O6. The van der Waals surface area contributed by atoms with Gasteiger partial charge >= 0.3 is 17.9 Å². The first-order valence-electron chi connectivity index (χ1n) is 28.4. The second kappa shape index (κ2) is 51.4. The lowest BCUT2D eigenvalue weighted by Gasteiger charge is -2.18. The minimum Gasteiger partial charge on any atom is -0.462 e. The average Bonchev–Trinajstić information content (AvgIpc) is 3.27. The van der Waals surface area contributed by atoms with Crippen molar-refractivity contribution in [2.75, 3.05) is 13.2 Å². The average molecular weight is 892 g/mol. The zero-order valence-electron chi connectivity index (χ0n) is 43.0. The van der Waals surface area contributed by atoms with Gasteiger partial charge in [-0.1, -0.05) is 285 Å². The fraction of sp³-hybridized carbons (Fsp3) is 0.947.